The number of amides is 4. The van der Waals surface area contributed by atoms with Crippen LogP contribution in [0.2, 0.25) is 0 Å². The van der Waals surface area contributed by atoms with E-state index in [1.54, 1.807) is 0 Å². The van der Waals surface area contributed by atoms with Gasteiger partial charge in [0, 0.05) is 43.2 Å². The van der Waals surface area contributed by atoms with Gasteiger partial charge in [0.1, 0.15) is 23.3 Å². The standard InChI is InChI=1S/C40H51N5O6.C2H6/c1-39(2,3)50-37(48)44-24-10-14-33(44)35(46)41-30-20-16-28(17-21-30)26-43(32-12-8-7-9-13-32)27-29-18-22-31(23-19-29)42-36(47)34-15-11-25-45(34)38(49)51-40(4,5)6;1-2/h7-9,12-13,16-23,33-34H,10-11,14-15,24-27H2,1-6H3,(H,41,46)(H,42,47);1-2H3. The Morgan fingerprint density at radius 3 is 1.36 bits per heavy atom. The van der Waals surface area contributed by atoms with E-state index in [1.165, 1.54) is 9.80 Å². The van der Waals surface area contributed by atoms with E-state index in [0.717, 1.165) is 29.7 Å². The van der Waals surface area contributed by atoms with Crippen molar-refractivity contribution in [2.75, 3.05) is 28.6 Å². The SMILES string of the molecule is CC.CC(C)(C)OC(=O)N1CCCC1C(=O)Nc1ccc(CN(Cc2ccc(NC(=O)C3CCCN3C(=O)OC(C)(C)C)cc2)c2ccccc2)cc1. The fourth-order valence-corrected chi connectivity index (χ4v) is 6.31. The van der Waals surface area contributed by atoms with Gasteiger partial charge in [0.25, 0.3) is 0 Å². The first-order valence-electron chi connectivity index (χ1n) is 18.7. The molecule has 2 saturated heterocycles. The summed E-state index contributed by atoms with van der Waals surface area (Å²) in [6, 6.07) is 24.5. The van der Waals surface area contributed by atoms with Crippen LogP contribution in [0.25, 0.3) is 0 Å². The molecular formula is C42H57N5O6. The third kappa shape index (κ3) is 12.0. The smallest absolute Gasteiger partial charge is 0.410 e. The lowest BCUT2D eigenvalue weighted by Crippen LogP contribution is -2.45. The number of carbonyl (C=O) groups is 4. The summed E-state index contributed by atoms with van der Waals surface area (Å²) in [6.07, 6.45) is 1.75. The summed E-state index contributed by atoms with van der Waals surface area (Å²) in [6.45, 7) is 17.1. The molecule has 4 amide bonds. The Hall–Kier alpha value is -5.06. The molecular weight excluding hydrogens is 670 g/mol. The Morgan fingerprint density at radius 1 is 0.623 bits per heavy atom. The number of hydrogen-bond donors (Lipinski definition) is 2. The van der Waals surface area contributed by atoms with Crippen LogP contribution in [-0.4, -0.2) is 70.2 Å². The summed E-state index contributed by atoms with van der Waals surface area (Å²) in [5.74, 6) is -0.444. The number of nitrogens with zero attached hydrogens (tertiary/aromatic N) is 3. The Morgan fingerprint density at radius 2 is 1.00 bits per heavy atom. The van der Waals surface area contributed by atoms with Crippen molar-refractivity contribution >= 4 is 41.1 Å². The molecule has 2 atom stereocenters. The molecule has 0 saturated carbocycles. The molecule has 2 heterocycles. The number of anilines is 3. The van der Waals surface area contributed by atoms with Crippen LogP contribution >= 0.6 is 0 Å². The predicted octanol–water partition coefficient (Wildman–Crippen LogP) is 8.60. The molecule has 286 valence electrons. The van der Waals surface area contributed by atoms with Crippen molar-refractivity contribution in [1.82, 2.24) is 9.80 Å². The number of ether oxygens (including phenoxy) is 2. The van der Waals surface area contributed by atoms with Crippen LogP contribution in [0.4, 0.5) is 26.7 Å². The molecule has 2 aliphatic rings. The van der Waals surface area contributed by atoms with Crippen molar-refractivity contribution in [3.63, 3.8) is 0 Å². The molecule has 53 heavy (non-hydrogen) atoms. The van der Waals surface area contributed by atoms with Crippen LogP contribution in [0.5, 0.6) is 0 Å². The number of para-hydroxylation sites is 1. The predicted molar refractivity (Wildman–Crippen MR) is 210 cm³/mol. The lowest BCUT2D eigenvalue weighted by Gasteiger charge is -2.28. The summed E-state index contributed by atoms with van der Waals surface area (Å²) in [5, 5.41) is 5.96. The molecule has 0 aliphatic carbocycles. The fourth-order valence-electron chi connectivity index (χ4n) is 6.31. The van der Waals surface area contributed by atoms with E-state index >= 15 is 0 Å². The molecule has 2 fully saturated rings. The Bertz CT molecular complexity index is 1560. The quantitative estimate of drug-likeness (QED) is 0.227. The number of carbonyl (C=O) groups excluding carboxylic acids is 4. The van der Waals surface area contributed by atoms with E-state index in [4.69, 9.17) is 9.47 Å². The number of benzene rings is 3. The third-order valence-electron chi connectivity index (χ3n) is 8.68. The number of rotatable bonds is 9. The molecule has 3 aromatic carbocycles. The maximum Gasteiger partial charge on any atom is 0.410 e. The molecule has 11 nitrogen and oxygen atoms in total. The van der Waals surface area contributed by atoms with Crippen molar-refractivity contribution in [3.8, 4) is 0 Å². The summed E-state index contributed by atoms with van der Waals surface area (Å²) in [4.78, 5) is 57.0. The van der Waals surface area contributed by atoms with Gasteiger partial charge >= 0.3 is 12.2 Å². The lowest BCUT2D eigenvalue weighted by molar-refractivity contribution is -0.121. The Kier molecular flexibility index (Phi) is 13.9. The second kappa shape index (κ2) is 18.1. The van der Waals surface area contributed by atoms with Crippen molar-refractivity contribution < 1.29 is 28.7 Å². The first-order chi connectivity index (χ1) is 25.1. The summed E-state index contributed by atoms with van der Waals surface area (Å²) in [7, 11) is 0. The minimum Gasteiger partial charge on any atom is -0.444 e. The van der Waals surface area contributed by atoms with Gasteiger partial charge in [-0.2, -0.15) is 0 Å². The highest BCUT2D eigenvalue weighted by atomic mass is 16.6. The molecule has 0 spiro atoms. The largest absolute Gasteiger partial charge is 0.444 e. The number of hydrogen-bond acceptors (Lipinski definition) is 7. The zero-order valence-corrected chi connectivity index (χ0v) is 32.6. The van der Waals surface area contributed by atoms with Crippen LogP contribution in [0.3, 0.4) is 0 Å². The molecule has 0 aromatic heterocycles. The minimum absolute atomic E-state index is 0.222. The van der Waals surface area contributed by atoms with Crippen LogP contribution in [-0.2, 0) is 32.2 Å². The van der Waals surface area contributed by atoms with Crippen LogP contribution in [0.15, 0.2) is 78.9 Å². The molecule has 11 heteroatoms. The lowest BCUT2D eigenvalue weighted by atomic mass is 10.1. The van der Waals surface area contributed by atoms with Crippen molar-refractivity contribution in [3.05, 3.63) is 90.0 Å². The Balaban J connectivity index is 0.00000308. The topological polar surface area (TPSA) is 121 Å². The maximum absolute atomic E-state index is 13.2. The maximum atomic E-state index is 13.2. The Labute approximate surface area is 315 Å². The zero-order valence-electron chi connectivity index (χ0n) is 32.6. The van der Waals surface area contributed by atoms with Gasteiger partial charge in [0.05, 0.1) is 0 Å². The van der Waals surface area contributed by atoms with E-state index in [0.29, 0.717) is 50.4 Å². The normalized spacial score (nSPS) is 17.0. The first-order valence-corrected chi connectivity index (χ1v) is 18.7. The van der Waals surface area contributed by atoms with Gasteiger partial charge in [-0.1, -0.05) is 56.3 Å². The van der Waals surface area contributed by atoms with E-state index in [9.17, 15) is 19.2 Å². The molecule has 2 aliphatic heterocycles. The fraction of sp³-hybridized carbons (Fsp3) is 0.476. The third-order valence-corrected chi connectivity index (χ3v) is 8.68. The minimum atomic E-state index is -0.630. The van der Waals surface area contributed by atoms with E-state index in [-0.39, 0.29) is 11.8 Å². The highest BCUT2D eigenvalue weighted by Gasteiger charge is 2.38. The van der Waals surface area contributed by atoms with Gasteiger partial charge in [0.15, 0.2) is 0 Å². The second-order valence-electron chi connectivity index (χ2n) is 15.2. The van der Waals surface area contributed by atoms with Crippen molar-refractivity contribution in [2.45, 2.75) is 117 Å². The van der Waals surface area contributed by atoms with Crippen molar-refractivity contribution in [1.29, 1.82) is 0 Å². The van der Waals surface area contributed by atoms with Gasteiger partial charge in [-0.15, -0.1) is 0 Å². The summed E-state index contributed by atoms with van der Waals surface area (Å²) >= 11 is 0. The molecule has 5 rings (SSSR count). The first kappa shape index (κ1) is 40.7. The highest BCUT2D eigenvalue weighted by Crippen LogP contribution is 2.26. The van der Waals surface area contributed by atoms with Crippen LogP contribution < -0.4 is 15.5 Å². The van der Waals surface area contributed by atoms with Gasteiger partial charge in [-0.05, 0) is 115 Å². The van der Waals surface area contributed by atoms with Crippen molar-refractivity contribution in [2.24, 2.45) is 0 Å². The molecule has 2 N–H and O–H groups in total. The van der Waals surface area contributed by atoms with E-state index in [2.05, 4.69) is 27.7 Å². The van der Waals surface area contributed by atoms with E-state index < -0.39 is 35.5 Å². The molecule has 2 unspecified atom stereocenters. The van der Waals surface area contributed by atoms with Gasteiger partial charge < -0.3 is 25.0 Å². The number of nitrogens with one attached hydrogen (secondary N) is 2. The highest BCUT2D eigenvalue weighted by molar-refractivity contribution is 5.97. The second-order valence-corrected chi connectivity index (χ2v) is 15.2. The summed E-state index contributed by atoms with van der Waals surface area (Å²) < 4.78 is 11.0. The molecule has 3 aromatic rings. The summed E-state index contributed by atoms with van der Waals surface area (Å²) in [5.41, 5.74) is 3.24. The van der Waals surface area contributed by atoms with E-state index in [1.807, 2.05) is 122 Å². The monoisotopic (exact) mass is 727 g/mol. The molecule has 0 radical (unpaired) electrons. The molecule has 0 bridgehead atoms. The zero-order chi connectivity index (χ0) is 38.8. The van der Waals surface area contributed by atoms with Gasteiger partial charge in [-0.3, -0.25) is 19.4 Å². The van der Waals surface area contributed by atoms with Gasteiger partial charge in [-0.25, -0.2) is 9.59 Å². The average Bonchev–Trinajstić information content (AvgIpc) is 3.81. The van der Waals surface area contributed by atoms with Crippen LogP contribution in [0, 0.1) is 0 Å². The average molecular weight is 728 g/mol. The van der Waals surface area contributed by atoms with Gasteiger partial charge in [0.2, 0.25) is 11.8 Å². The number of likely N-dealkylation sites (tertiary alicyclic amines) is 2. The van der Waals surface area contributed by atoms with Crippen LogP contribution in [0.1, 0.15) is 92.2 Å².